The number of nitrogens with zero attached hydrogens (tertiary/aromatic N) is 2. The van der Waals surface area contributed by atoms with E-state index in [4.69, 9.17) is 24.2 Å². The number of rotatable bonds is 20. The SMILES string of the molecule is C=CCOC12Oc3ccc(OC(=O)NCC)cc3C3C(CCCCO)C(CCCCO)C=C(C(=NOC)CC1N(Cc1cccc4ccccc14)C(=O)CCC1CCCC1)C32. The van der Waals surface area contributed by atoms with Crippen LogP contribution in [-0.4, -0.2) is 78.1 Å². The molecule has 61 heavy (non-hydrogen) atoms. The van der Waals surface area contributed by atoms with Crippen LogP contribution >= 0.6 is 0 Å². The third kappa shape index (κ3) is 9.69. The molecule has 11 heteroatoms. The van der Waals surface area contributed by atoms with Gasteiger partial charge < -0.3 is 39.5 Å². The Morgan fingerprint density at radius 1 is 1.00 bits per heavy atom. The topological polar surface area (TPSA) is 139 Å². The van der Waals surface area contributed by atoms with Gasteiger partial charge in [-0.25, -0.2) is 4.79 Å². The van der Waals surface area contributed by atoms with Crippen LogP contribution < -0.4 is 14.8 Å². The highest BCUT2D eigenvalue weighted by Gasteiger charge is 2.65. The number of ether oxygens (including phenoxy) is 3. The van der Waals surface area contributed by atoms with Crippen LogP contribution in [0.5, 0.6) is 11.5 Å². The lowest BCUT2D eigenvalue weighted by molar-refractivity contribution is -0.258. The zero-order chi connectivity index (χ0) is 42.8. The fourth-order valence-electron chi connectivity index (χ4n) is 10.9. The minimum atomic E-state index is -1.38. The Morgan fingerprint density at radius 3 is 2.52 bits per heavy atom. The van der Waals surface area contributed by atoms with Gasteiger partial charge in [0.25, 0.3) is 0 Å². The molecule has 0 saturated heterocycles. The molecule has 1 heterocycles. The number of benzene rings is 3. The molecule has 3 N–H and O–H groups in total. The Hall–Kier alpha value is -4.71. The van der Waals surface area contributed by atoms with Crippen molar-refractivity contribution in [1.82, 2.24) is 10.2 Å². The molecular weight excluding hydrogens is 771 g/mol. The van der Waals surface area contributed by atoms with Crippen LogP contribution in [0.3, 0.4) is 0 Å². The second kappa shape index (κ2) is 20.9. The lowest BCUT2D eigenvalue weighted by Gasteiger charge is -2.60. The van der Waals surface area contributed by atoms with E-state index in [1.807, 2.05) is 36.1 Å². The molecule has 11 nitrogen and oxygen atoms in total. The molecule has 6 unspecified atom stereocenters. The van der Waals surface area contributed by atoms with Crippen molar-refractivity contribution < 1.29 is 38.9 Å². The number of aliphatic hydroxyl groups is 2. The standard InChI is InChI=1S/C50H65N3O8/c1-4-29-59-50-45(53(46(56)26-23-34-15-6-7-16-34)33-37-20-14-19-35-17-8-9-21-39(35)37)32-43(52-58-3)41-30-36(18-10-12-27-54)40(22-11-13-28-55)47(48(41)50)42-31-38(24-25-44(42)61-50)60-49(57)51-5-2/h4,8-9,14,17,19-21,24-25,30-31,34,36,40,45,47-48,54-55H,1,5-7,10-13,15-16,18,22-23,26-29,32-33H2,2-3H3,(H,51,57). The van der Waals surface area contributed by atoms with E-state index >= 15 is 4.79 Å². The smallest absolute Gasteiger partial charge is 0.412 e. The average molecular weight is 836 g/mol. The summed E-state index contributed by atoms with van der Waals surface area (Å²) in [6, 6.07) is 19.5. The minimum absolute atomic E-state index is 0.0418. The first-order valence-electron chi connectivity index (χ1n) is 22.7. The molecule has 0 aromatic heterocycles. The van der Waals surface area contributed by atoms with Crippen molar-refractivity contribution >= 4 is 28.5 Å². The fourth-order valence-corrected chi connectivity index (χ4v) is 10.9. The van der Waals surface area contributed by atoms with E-state index in [0.717, 1.165) is 78.1 Å². The Morgan fingerprint density at radius 2 is 1.77 bits per heavy atom. The van der Waals surface area contributed by atoms with Gasteiger partial charge in [0.15, 0.2) is 0 Å². The highest BCUT2D eigenvalue weighted by atomic mass is 16.7. The van der Waals surface area contributed by atoms with Gasteiger partial charge in [-0.05, 0) is 96.9 Å². The first-order valence-corrected chi connectivity index (χ1v) is 22.7. The Bertz CT molecular complexity index is 2040. The zero-order valence-electron chi connectivity index (χ0n) is 36.1. The largest absolute Gasteiger partial charge is 0.459 e. The highest BCUT2D eigenvalue weighted by molar-refractivity contribution is 6.03. The number of nitrogens with one attached hydrogen (secondary N) is 1. The predicted molar refractivity (Wildman–Crippen MR) is 237 cm³/mol. The molecule has 7 rings (SSSR count). The number of allylic oxidation sites excluding steroid dienone is 1. The summed E-state index contributed by atoms with van der Waals surface area (Å²) < 4.78 is 20.4. The average Bonchev–Trinajstić information content (AvgIpc) is 3.80. The van der Waals surface area contributed by atoms with Crippen molar-refractivity contribution in [3.05, 3.63) is 96.1 Å². The molecule has 328 valence electrons. The molecular formula is C50H65N3O8. The zero-order valence-corrected chi connectivity index (χ0v) is 36.1. The number of oxime groups is 1. The second-order valence-corrected chi connectivity index (χ2v) is 17.2. The number of carbonyl (C=O) groups is 2. The molecule has 4 aliphatic rings. The van der Waals surface area contributed by atoms with Crippen molar-refractivity contribution in [1.29, 1.82) is 0 Å². The molecule has 2 saturated carbocycles. The van der Waals surface area contributed by atoms with E-state index in [9.17, 15) is 15.0 Å². The fraction of sp³-hybridized carbons (Fsp3) is 0.540. The molecule has 1 aliphatic heterocycles. The van der Waals surface area contributed by atoms with Crippen LogP contribution in [0.25, 0.3) is 10.8 Å². The van der Waals surface area contributed by atoms with Gasteiger partial charge in [0.2, 0.25) is 11.7 Å². The maximum Gasteiger partial charge on any atom is 0.412 e. The van der Waals surface area contributed by atoms with E-state index in [1.54, 1.807) is 19.3 Å². The third-order valence-electron chi connectivity index (χ3n) is 13.5. The van der Waals surface area contributed by atoms with Gasteiger partial charge in [-0.1, -0.05) is 98.3 Å². The van der Waals surface area contributed by atoms with Gasteiger partial charge in [0.05, 0.1) is 18.2 Å². The van der Waals surface area contributed by atoms with Gasteiger partial charge in [-0.2, -0.15) is 0 Å². The molecule has 6 atom stereocenters. The first-order chi connectivity index (χ1) is 29.8. The van der Waals surface area contributed by atoms with Crippen LogP contribution in [-0.2, 0) is 20.9 Å². The summed E-state index contributed by atoms with van der Waals surface area (Å²) >= 11 is 0. The second-order valence-electron chi connectivity index (χ2n) is 17.2. The summed E-state index contributed by atoms with van der Waals surface area (Å²) in [5.41, 5.74) is 3.63. The predicted octanol–water partition coefficient (Wildman–Crippen LogP) is 9.21. The summed E-state index contributed by atoms with van der Waals surface area (Å²) in [7, 11) is 1.56. The Balaban J connectivity index is 1.44. The number of hydrogen-bond acceptors (Lipinski definition) is 9. The van der Waals surface area contributed by atoms with Crippen LogP contribution in [0.4, 0.5) is 4.79 Å². The van der Waals surface area contributed by atoms with Crippen molar-refractivity contribution in [2.24, 2.45) is 28.8 Å². The number of aliphatic hydroxyl groups excluding tert-OH is 2. The number of amides is 2. The molecule has 2 amide bonds. The monoisotopic (exact) mass is 835 g/mol. The maximum absolute atomic E-state index is 15.2. The van der Waals surface area contributed by atoms with Crippen molar-refractivity contribution in [3.63, 3.8) is 0 Å². The Kier molecular flexibility index (Phi) is 15.2. The molecule has 0 bridgehead atoms. The summed E-state index contributed by atoms with van der Waals surface area (Å²) in [5.74, 6) is -0.379. The molecule has 3 aromatic carbocycles. The summed E-state index contributed by atoms with van der Waals surface area (Å²) in [6.07, 6.45) is 14.4. The van der Waals surface area contributed by atoms with E-state index < -0.39 is 23.8 Å². The van der Waals surface area contributed by atoms with Gasteiger partial charge in [0.1, 0.15) is 24.7 Å². The van der Waals surface area contributed by atoms with E-state index in [-0.39, 0.29) is 43.5 Å². The van der Waals surface area contributed by atoms with Crippen LogP contribution in [0.2, 0.25) is 0 Å². The van der Waals surface area contributed by atoms with E-state index in [0.29, 0.717) is 56.2 Å². The number of carbonyl (C=O) groups excluding carboxylic acids is 2. The lowest BCUT2D eigenvalue weighted by Crippen LogP contribution is -2.70. The number of hydrogen-bond donors (Lipinski definition) is 3. The van der Waals surface area contributed by atoms with E-state index in [2.05, 4.69) is 48.3 Å². The van der Waals surface area contributed by atoms with Gasteiger partial charge in [-0.15, -0.1) is 6.58 Å². The van der Waals surface area contributed by atoms with Crippen LogP contribution in [0.1, 0.15) is 107 Å². The quantitative estimate of drug-likeness (QED) is 0.0582. The molecule has 0 radical (unpaired) electrons. The normalized spacial score (nSPS) is 25.0. The van der Waals surface area contributed by atoms with Crippen molar-refractivity contribution in [2.75, 3.05) is 33.5 Å². The highest BCUT2D eigenvalue weighted by Crippen LogP contribution is 2.62. The lowest BCUT2D eigenvalue weighted by atomic mass is 9.55. The third-order valence-corrected chi connectivity index (χ3v) is 13.5. The maximum atomic E-state index is 15.2. The first kappa shape index (κ1) is 44.3. The molecule has 3 aliphatic carbocycles. The molecule has 2 fully saturated rings. The summed E-state index contributed by atoms with van der Waals surface area (Å²) in [6.45, 7) is 7.05. The van der Waals surface area contributed by atoms with Gasteiger partial charge in [0, 0.05) is 50.6 Å². The van der Waals surface area contributed by atoms with Gasteiger partial charge in [-0.3, -0.25) is 4.79 Å². The van der Waals surface area contributed by atoms with Gasteiger partial charge >= 0.3 is 6.09 Å². The molecule has 3 aromatic rings. The number of fused-ring (bicyclic) bond motifs is 3. The summed E-state index contributed by atoms with van der Waals surface area (Å²) in [5, 5.41) is 29.5. The van der Waals surface area contributed by atoms with Crippen molar-refractivity contribution in [2.45, 2.75) is 115 Å². The van der Waals surface area contributed by atoms with Crippen molar-refractivity contribution in [3.8, 4) is 11.5 Å². The minimum Gasteiger partial charge on any atom is -0.459 e. The van der Waals surface area contributed by atoms with Crippen LogP contribution in [0, 0.1) is 23.7 Å². The van der Waals surface area contributed by atoms with E-state index in [1.165, 1.54) is 12.8 Å². The summed E-state index contributed by atoms with van der Waals surface area (Å²) in [4.78, 5) is 35.7. The van der Waals surface area contributed by atoms with Crippen LogP contribution in [0.15, 0.2) is 90.1 Å². The Labute approximate surface area is 361 Å². The molecule has 0 spiro atoms. The number of unbranched alkanes of at least 4 members (excludes halogenated alkanes) is 2.